The van der Waals surface area contributed by atoms with Crippen LogP contribution in [0.3, 0.4) is 0 Å². The predicted molar refractivity (Wildman–Crippen MR) is 94.5 cm³/mol. The van der Waals surface area contributed by atoms with Crippen molar-refractivity contribution < 1.29 is 37.3 Å². The third kappa shape index (κ3) is 5.07. The molecule has 0 atom stereocenters. The van der Waals surface area contributed by atoms with Crippen LogP contribution in [0.15, 0.2) is 48.0 Å². The van der Waals surface area contributed by atoms with Gasteiger partial charge < -0.3 is 18.9 Å². The summed E-state index contributed by atoms with van der Waals surface area (Å²) in [6.45, 7) is -3.50. The van der Waals surface area contributed by atoms with Gasteiger partial charge in [0.2, 0.25) is 6.79 Å². The summed E-state index contributed by atoms with van der Waals surface area (Å²) in [6.07, 6.45) is 1.30. The number of fused-ring (bicyclic) bond motifs is 1. The monoisotopic (exact) mass is 401 g/mol. The molecule has 0 spiro atoms. The fourth-order valence-corrected chi connectivity index (χ4v) is 2.42. The van der Waals surface area contributed by atoms with Crippen LogP contribution in [0.25, 0.3) is 6.08 Å². The maximum Gasteiger partial charge on any atom is 0.387 e. The van der Waals surface area contributed by atoms with E-state index in [1.807, 2.05) is 0 Å². The second-order valence-electron chi connectivity index (χ2n) is 5.68. The third-order valence-corrected chi connectivity index (χ3v) is 3.78. The van der Waals surface area contributed by atoms with E-state index < -0.39 is 25.0 Å². The van der Waals surface area contributed by atoms with E-state index >= 15 is 0 Å². The molecule has 29 heavy (non-hydrogen) atoms. The van der Waals surface area contributed by atoms with E-state index in [1.54, 1.807) is 24.3 Å². The largest absolute Gasteiger partial charge is 0.454 e. The predicted octanol–water partition coefficient (Wildman–Crippen LogP) is 3.35. The number of ether oxygens (including phenoxy) is 4. The molecule has 0 fully saturated rings. The number of carbonyl (C=O) groups is 2. The molecular weight excluding hydrogens is 388 g/mol. The maximum absolute atomic E-state index is 12.1. The van der Waals surface area contributed by atoms with Crippen LogP contribution in [0.5, 0.6) is 17.2 Å². The highest BCUT2D eigenvalue weighted by atomic mass is 19.3. The number of benzene rings is 2. The Labute approximate surface area is 163 Å². The van der Waals surface area contributed by atoms with Gasteiger partial charge in [0.15, 0.2) is 23.9 Å². The molecule has 1 aliphatic heterocycles. The Hall–Kier alpha value is -3.93. The van der Waals surface area contributed by atoms with Gasteiger partial charge in [-0.15, -0.1) is 0 Å². The number of nitriles is 1. The minimum absolute atomic E-state index is 0.0903. The molecular formula is C20H13F2NO6. The molecule has 0 unspecified atom stereocenters. The van der Waals surface area contributed by atoms with Gasteiger partial charge in [-0.1, -0.05) is 6.07 Å². The lowest BCUT2D eigenvalue weighted by atomic mass is 10.1. The lowest BCUT2D eigenvalue weighted by Gasteiger charge is -2.06. The molecule has 0 saturated heterocycles. The first-order chi connectivity index (χ1) is 14.0. The van der Waals surface area contributed by atoms with Crippen molar-refractivity contribution in [3.63, 3.8) is 0 Å². The van der Waals surface area contributed by atoms with Gasteiger partial charge in [0, 0.05) is 5.56 Å². The first-order valence-electron chi connectivity index (χ1n) is 8.23. The molecule has 0 amide bonds. The van der Waals surface area contributed by atoms with Crippen molar-refractivity contribution in [2.45, 2.75) is 6.61 Å². The molecule has 0 saturated carbocycles. The average molecular weight is 401 g/mol. The number of nitrogens with zero attached hydrogens (tertiary/aromatic N) is 1. The number of alkyl halides is 2. The Morgan fingerprint density at radius 1 is 1.14 bits per heavy atom. The second kappa shape index (κ2) is 8.84. The van der Waals surface area contributed by atoms with Crippen LogP contribution in [0.1, 0.15) is 15.9 Å². The molecule has 1 aliphatic rings. The van der Waals surface area contributed by atoms with E-state index in [-0.39, 0.29) is 23.7 Å². The summed E-state index contributed by atoms with van der Waals surface area (Å²) in [5, 5.41) is 9.20. The molecule has 2 aromatic carbocycles. The fraction of sp³-hybridized carbons (Fsp3) is 0.150. The molecule has 0 N–H and O–H groups in total. The molecule has 148 valence electrons. The molecule has 0 aromatic heterocycles. The van der Waals surface area contributed by atoms with E-state index in [9.17, 15) is 23.6 Å². The Bertz CT molecular complexity index is 995. The van der Waals surface area contributed by atoms with Gasteiger partial charge in [0.25, 0.3) is 0 Å². The maximum atomic E-state index is 12.1. The zero-order chi connectivity index (χ0) is 20.8. The van der Waals surface area contributed by atoms with E-state index in [1.165, 1.54) is 30.3 Å². The fourth-order valence-electron chi connectivity index (χ4n) is 2.42. The van der Waals surface area contributed by atoms with Crippen molar-refractivity contribution in [2.75, 3.05) is 13.4 Å². The van der Waals surface area contributed by atoms with Crippen LogP contribution in [-0.4, -0.2) is 31.8 Å². The standard InChI is InChI=1S/C20H13F2NO6/c21-20(22)29-15-4-2-13(3-5-15)16(24)10-26-19(25)14(9-23)7-12-1-6-17-18(8-12)28-11-27-17/h1-8,20H,10-11H2/b14-7-. The normalized spacial score (nSPS) is 12.4. The summed E-state index contributed by atoms with van der Waals surface area (Å²) in [4.78, 5) is 24.2. The molecule has 0 aliphatic carbocycles. The van der Waals surface area contributed by atoms with Gasteiger partial charge in [-0.3, -0.25) is 4.79 Å². The minimum Gasteiger partial charge on any atom is -0.454 e. The van der Waals surface area contributed by atoms with Crippen molar-refractivity contribution in [2.24, 2.45) is 0 Å². The molecule has 3 rings (SSSR count). The van der Waals surface area contributed by atoms with Gasteiger partial charge in [0.1, 0.15) is 17.4 Å². The Kier molecular flexibility index (Phi) is 6.04. The molecule has 7 nitrogen and oxygen atoms in total. The number of ketones is 1. The molecule has 0 bridgehead atoms. The highest BCUT2D eigenvalue weighted by molar-refractivity contribution is 6.02. The van der Waals surface area contributed by atoms with Crippen molar-refractivity contribution >= 4 is 17.8 Å². The Morgan fingerprint density at radius 3 is 2.55 bits per heavy atom. The summed E-state index contributed by atoms with van der Waals surface area (Å²) in [6, 6.07) is 11.5. The van der Waals surface area contributed by atoms with E-state index in [4.69, 9.17) is 14.2 Å². The topological polar surface area (TPSA) is 94.9 Å². The number of esters is 1. The van der Waals surface area contributed by atoms with Gasteiger partial charge in [-0.25, -0.2) is 4.79 Å². The van der Waals surface area contributed by atoms with Crippen LogP contribution in [0.4, 0.5) is 8.78 Å². The third-order valence-electron chi connectivity index (χ3n) is 3.78. The summed E-state index contributed by atoms with van der Waals surface area (Å²) < 4.78 is 43.7. The number of hydrogen-bond donors (Lipinski definition) is 0. The smallest absolute Gasteiger partial charge is 0.387 e. The van der Waals surface area contributed by atoms with Gasteiger partial charge >= 0.3 is 12.6 Å². The van der Waals surface area contributed by atoms with Gasteiger partial charge in [-0.2, -0.15) is 14.0 Å². The second-order valence-corrected chi connectivity index (χ2v) is 5.68. The van der Waals surface area contributed by atoms with Crippen LogP contribution in [-0.2, 0) is 9.53 Å². The summed E-state index contributed by atoms with van der Waals surface area (Å²) in [5.41, 5.74) is 0.346. The lowest BCUT2D eigenvalue weighted by molar-refractivity contribution is -0.137. The first-order valence-corrected chi connectivity index (χ1v) is 8.23. The van der Waals surface area contributed by atoms with Crippen LogP contribution < -0.4 is 14.2 Å². The number of hydrogen-bond acceptors (Lipinski definition) is 7. The van der Waals surface area contributed by atoms with Gasteiger partial charge in [-0.05, 0) is 48.0 Å². The van der Waals surface area contributed by atoms with Crippen LogP contribution in [0, 0.1) is 11.3 Å². The lowest BCUT2D eigenvalue weighted by Crippen LogP contribution is -2.15. The zero-order valence-electron chi connectivity index (χ0n) is 14.8. The van der Waals surface area contributed by atoms with Crippen molar-refractivity contribution in [3.8, 4) is 23.3 Å². The van der Waals surface area contributed by atoms with Gasteiger partial charge in [0.05, 0.1) is 0 Å². The van der Waals surface area contributed by atoms with Crippen molar-refractivity contribution in [3.05, 3.63) is 59.2 Å². The molecule has 9 heteroatoms. The number of carbonyl (C=O) groups excluding carboxylic acids is 2. The number of Topliss-reactive ketones (excluding diaryl/α,β-unsaturated/α-hetero) is 1. The van der Waals surface area contributed by atoms with Crippen LogP contribution >= 0.6 is 0 Å². The zero-order valence-corrected chi connectivity index (χ0v) is 14.8. The SMILES string of the molecule is N#C/C(=C/c1ccc2c(c1)OCO2)C(=O)OCC(=O)c1ccc(OC(F)F)cc1. The van der Waals surface area contributed by atoms with Crippen LogP contribution in [0.2, 0.25) is 0 Å². The first kappa shape index (κ1) is 19.8. The highest BCUT2D eigenvalue weighted by Crippen LogP contribution is 2.33. The van der Waals surface area contributed by atoms with Crippen molar-refractivity contribution in [1.82, 2.24) is 0 Å². The summed E-state index contributed by atoms with van der Waals surface area (Å²) in [5.74, 6) is -0.608. The van der Waals surface area contributed by atoms with E-state index in [0.29, 0.717) is 17.1 Å². The average Bonchev–Trinajstić information content (AvgIpc) is 3.18. The highest BCUT2D eigenvalue weighted by Gasteiger charge is 2.17. The quantitative estimate of drug-likeness (QED) is 0.304. The van der Waals surface area contributed by atoms with E-state index in [0.717, 1.165) is 0 Å². The minimum atomic E-state index is -2.97. The van der Waals surface area contributed by atoms with Crippen molar-refractivity contribution in [1.29, 1.82) is 5.26 Å². The molecule has 1 heterocycles. The summed E-state index contributed by atoms with van der Waals surface area (Å²) >= 11 is 0. The van der Waals surface area contributed by atoms with E-state index in [2.05, 4.69) is 4.74 Å². The molecule has 2 aromatic rings. The number of rotatable bonds is 7. The molecule has 0 radical (unpaired) electrons. The Balaban J connectivity index is 1.61. The Morgan fingerprint density at radius 2 is 1.86 bits per heavy atom. The summed E-state index contributed by atoms with van der Waals surface area (Å²) in [7, 11) is 0. The number of halogens is 2.